The molecule has 1 N–H and O–H groups in total. The largest absolute Gasteiger partial charge is 0.361 e. The molecule has 1 saturated heterocycles. The summed E-state index contributed by atoms with van der Waals surface area (Å²) in [6, 6.07) is 10.8. The number of aromatic nitrogens is 2. The maximum atomic E-state index is 13.6. The molecule has 1 unspecified atom stereocenters. The number of likely N-dealkylation sites (tertiary alicyclic amines) is 1. The van der Waals surface area contributed by atoms with Crippen molar-refractivity contribution < 1.29 is 9.18 Å². The summed E-state index contributed by atoms with van der Waals surface area (Å²) in [5.74, 6) is 1.68. The summed E-state index contributed by atoms with van der Waals surface area (Å²) in [7, 11) is 0. The van der Waals surface area contributed by atoms with Crippen LogP contribution in [-0.4, -0.2) is 47.0 Å². The number of rotatable bonds is 7. The average Bonchev–Trinajstić information content (AvgIpc) is 3.29. The number of halogens is 1. The third kappa shape index (κ3) is 5.33. The summed E-state index contributed by atoms with van der Waals surface area (Å²) >= 11 is 0. The van der Waals surface area contributed by atoms with Crippen molar-refractivity contribution in [1.29, 1.82) is 0 Å². The Morgan fingerprint density at radius 2 is 2.00 bits per heavy atom. The van der Waals surface area contributed by atoms with E-state index in [4.69, 9.17) is 0 Å². The standard InChI is InChI=1S/C28H35FN4O/c29-23-11-12-24-25(19-31-26(24)18-23)22-9-6-14-32(20-22)15-16-33(27-10-4-5-13-30-27)28(34)17-21-7-2-1-3-8-21/h4-5,10-13,18-19,21-22,31H,1-3,6-9,14-17,20H2. The molecule has 2 fully saturated rings. The maximum absolute atomic E-state index is 13.6. The molecule has 1 aromatic carbocycles. The van der Waals surface area contributed by atoms with Crippen LogP contribution in [0.1, 0.15) is 62.8 Å². The van der Waals surface area contributed by atoms with Crippen molar-refractivity contribution in [2.45, 2.75) is 57.3 Å². The molecule has 5 nitrogen and oxygen atoms in total. The van der Waals surface area contributed by atoms with E-state index in [1.807, 2.05) is 35.4 Å². The van der Waals surface area contributed by atoms with Crippen LogP contribution in [0, 0.1) is 11.7 Å². The first-order valence-electron chi connectivity index (χ1n) is 12.9. The van der Waals surface area contributed by atoms with Crippen LogP contribution >= 0.6 is 0 Å². The molecular formula is C28H35FN4O. The van der Waals surface area contributed by atoms with E-state index in [-0.39, 0.29) is 11.7 Å². The minimum atomic E-state index is -0.210. The lowest BCUT2D eigenvalue weighted by Crippen LogP contribution is -2.43. The summed E-state index contributed by atoms with van der Waals surface area (Å²) in [6.07, 6.45) is 12.8. The number of hydrogen-bond acceptors (Lipinski definition) is 3. The van der Waals surface area contributed by atoms with Gasteiger partial charge in [-0.1, -0.05) is 25.3 Å². The van der Waals surface area contributed by atoms with Gasteiger partial charge < -0.3 is 9.88 Å². The molecule has 1 saturated carbocycles. The van der Waals surface area contributed by atoms with Gasteiger partial charge in [-0.15, -0.1) is 0 Å². The van der Waals surface area contributed by atoms with Crippen LogP contribution in [0.25, 0.3) is 10.9 Å². The Kier molecular flexibility index (Phi) is 7.24. The van der Waals surface area contributed by atoms with Gasteiger partial charge in [0.05, 0.1) is 0 Å². The van der Waals surface area contributed by atoms with Gasteiger partial charge in [-0.25, -0.2) is 9.37 Å². The van der Waals surface area contributed by atoms with Crippen LogP contribution in [0.2, 0.25) is 0 Å². The second kappa shape index (κ2) is 10.7. The van der Waals surface area contributed by atoms with Crippen LogP contribution in [-0.2, 0) is 4.79 Å². The molecule has 1 atom stereocenters. The Morgan fingerprint density at radius 1 is 1.12 bits per heavy atom. The number of pyridine rings is 1. The number of amides is 1. The fourth-order valence-corrected chi connectivity index (χ4v) is 5.84. The highest BCUT2D eigenvalue weighted by atomic mass is 19.1. The third-order valence-electron chi connectivity index (χ3n) is 7.68. The zero-order valence-corrected chi connectivity index (χ0v) is 19.9. The monoisotopic (exact) mass is 462 g/mol. The van der Waals surface area contributed by atoms with Gasteiger partial charge in [-0.3, -0.25) is 9.69 Å². The molecule has 2 aliphatic rings. The molecule has 1 amide bonds. The fourth-order valence-electron chi connectivity index (χ4n) is 5.84. The number of anilines is 1. The predicted molar refractivity (Wildman–Crippen MR) is 134 cm³/mol. The van der Waals surface area contributed by atoms with Gasteiger partial charge >= 0.3 is 0 Å². The van der Waals surface area contributed by atoms with E-state index < -0.39 is 0 Å². The van der Waals surface area contributed by atoms with Crippen molar-refractivity contribution in [2.24, 2.45) is 5.92 Å². The van der Waals surface area contributed by atoms with Crippen molar-refractivity contribution in [1.82, 2.24) is 14.9 Å². The summed E-state index contributed by atoms with van der Waals surface area (Å²) in [4.78, 5) is 25.5. The first-order valence-corrected chi connectivity index (χ1v) is 12.9. The Morgan fingerprint density at radius 3 is 2.82 bits per heavy atom. The minimum Gasteiger partial charge on any atom is -0.361 e. The molecule has 6 heteroatoms. The van der Waals surface area contributed by atoms with Crippen molar-refractivity contribution in [3.8, 4) is 0 Å². The molecule has 3 aromatic rings. The average molecular weight is 463 g/mol. The number of H-pyrrole nitrogens is 1. The first kappa shape index (κ1) is 23.0. The van der Waals surface area contributed by atoms with Crippen molar-refractivity contribution in [2.75, 3.05) is 31.1 Å². The number of piperidine rings is 1. The van der Waals surface area contributed by atoms with E-state index in [2.05, 4.69) is 14.9 Å². The van der Waals surface area contributed by atoms with Crippen molar-refractivity contribution >= 4 is 22.6 Å². The first-order chi connectivity index (χ1) is 16.7. The molecule has 180 valence electrons. The quantitative estimate of drug-likeness (QED) is 0.477. The molecule has 3 heterocycles. The van der Waals surface area contributed by atoms with Gasteiger partial charge in [0.25, 0.3) is 0 Å². The zero-order valence-electron chi connectivity index (χ0n) is 19.9. The number of carbonyl (C=O) groups excluding carboxylic acids is 1. The Labute approximate surface area is 201 Å². The predicted octanol–water partition coefficient (Wildman–Crippen LogP) is 5.89. The molecule has 34 heavy (non-hydrogen) atoms. The molecule has 1 aliphatic heterocycles. The Hall–Kier alpha value is -2.73. The number of nitrogens with zero attached hydrogens (tertiary/aromatic N) is 3. The van der Waals surface area contributed by atoms with Crippen LogP contribution in [0.3, 0.4) is 0 Å². The Bertz CT molecular complexity index is 1090. The van der Waals surface area contributed by atoms with Crippen molar-refractivity contribution in [3.63, 3.8) is 0 Å². The van der Waals surface area contributed by atoms with E-state index in [1.165, 1.54) is 37.7 Å². The molecular weight excluding hydrogens is 427 g/mol. The number of aromatic amines is 1. The van der Waals surface area contributed by atoms with E-state index in [0.29, 0.717) is 24.8 Å². The SMILES string of the molecule is O=C(CC1CCCCC1)N(CCN1CCCC(c2c[nH]c3cc(F)ccc23)C1)c1ccccn1. The van der Waals surface area contributed by atoms with Crippen LogP contribution in [0.4, 0.5) is 10.2 Å². The van der Waals surface area contributed by atoms with Gasteiger partial charge in [0.1, 0.15) is 11.6 Å². The van der Waals surface area contributed by atoms with Gasteiger partial charge in [-0.2, -0.15) is 0 Å². The molecule has 2 aromatic heterocycles. The highest BCUT2D eigenvalue weighted by molar-refractivity contribution is 5.92. The maximum Gasteiger partial charge on any atom is 0.228 e. The summed E-state index contributed by atoms with van der Waals surface area (Å²) in [5.41, 5.74) is 2.14. The van der Waals surface area contributed by atoms with Crippen molar-refractivity contribution in [3.05, 3.63) is 60.2 Å². The van der Waals surface area contributed by atoms with E-state index >= 15 is 0 Å². The number of carbonyl (C=O) groups is 1. The lowest BCUT2D eigenvalue weighted by atomic mass is 9.86. The van der Waals surface area contributed by atoms with E-state index in [1.54, 1.807) is 18.3 Å². The molecule has 1 aliphatic carbocycles. The van der Waals surface area contributed by atoms with Crippen LogP contribution in [0.15, 0.2) is 48.8 Å². The van der Waals surface area contributed by atoms with Gasteiger partial charge in [-0.05, 0) is 80.0 Å². The molecule has 0 spiro atoms. The molecule has 0 radical (unpaired) electrons. The summed E-state index contributed by atoms with van der Waals surface area (Å²) in [5, 5.41) is 1.12. The zero-order chi connectivity index (χ0) is 23.3. The van der Waals surface area contributed by atoms with E-state index in [9.17, 15) is 9.18 Å². The molecule has 0 bridgehead atoms. The van der Waals surface area contributed by atoms with Gasteiger partial charge in [0.15, 0.2) is 0 Å². The highest BCUT2D eigenvalue weighted by Gasteiger charge is 2.26. The lowest BCUT2D eigenvalue weighted by molar-refractivity contribution is -0.119. The second-order valence-corrected chi connectivity index (χ2v) is 10.0. The summed E-state index contributed by atoms with van der Waals surface area (Å²) in [6.45, 7) is 3.49. The fraction of sp³-hybridized carbons (Fsp3) is 0.500. The van der Waals surface area contributed by atoms with Gasteiger partial charge in [0, 0.05) is 49.4 Å². The Balaban J connectivity index is 1.25. The summed E-state index contributed by atoms with van der Waals surface area (Å²) < 4.78 is 13.6. The van der Waals surface area contributed by atoms with Gasteiger partial charge in [0.2, 0.25) is 5.91 Å². The second-order valence-electron chi connectivity index (χ2n) is 10.0. The van der Waals surface area contributed by atoms with E-state index in [0.717, 1.165) is 49.2 Å². The van der Waals surface area contributed by atoms with Crippen LogP contribution in [0.5, 0.6) is 0 Å². The normalized spacial score (nSPS) is 20.0. The number of hydrogen-bond donors (Lipinski definition) is 1. The minimum absolute atomic E-state index is 0.206. The topological polar surface area (TPSA) is 52.2 Å². The molecule has 5 rings (SSSR count). The smallest absolute Gasteiger partial charge is 0.228 e. The van der Waals surface area contributed by atoms with Crippen LogP contribution < -0.4 is 4.90 Å². The third-order valence-corrected chi connectivity index (χ3v) is 7.68. The number of nitrogens with one attached hydrogen (secondary N) is 1. The highest BCUT2D eigenvalue weighted by Crippen LogP contribution is 2.33. The number of fused-ring (bicyclic) bond motifs is 1. The number of benzene rings is 1. The lowest BCUT2D eigenvalue weighted by Gasteiger charge is -2.34.